The molecule has 1 saturated heterocycles. The summed E-state index contributed by atoms with van der Waals surface area (Å²) in [6.45, 7) is 4.45. The van der Waals surface area contributed by atoms with Gasteiger partial charge in [-0.3, -0.25) is 9.59 Å². The summed E-state index contributed by atoms with van der Waals surface area (Å²) in [6.07, 6.45) is 3.80. The molecule has 2 heterocycles. The molecule has 1 aliphatic rings. The van der Waals surface area contributed by atoms with E-state index >= 15 is 0 Å². The Morgan fingerprint density at radius 3 is 2.79 bits per heavy atom. The number of rotatable bonds is 6. The van der Waals surface area contributed by atoms with Crippen molar-refractivity contribution in [1.82, 2.24) is 14.5 Å². The minimum absolute atomic E-state index is 0.120. The molecule has 1 aliphatic heterocycles. The van der Waals surface area contributed by atoms with Gasteiger partial charge >= 0.3 is 0 Å². The molecule has 0 radical (unpaired) electrons. The second-order valence-corrected chi connectivity index (χ2v) is 6.08. The van der Waals surface area contributed by atoms with Crippen LogP contribution in [0.15, 0.2) is 47.5 Å². The van der Waals surface area contributed by atoms with Gasteiger partial charge in [0.05, 0.1) is 0 Å². The molecule has 0 aliphatic carbocycles. The van der Waals surface area contributed by atoms with Crippen molar-refractivity contribution in [3.05, 3.63) is 58.6 Å². The Morgan fingerprint density at radius 2 is 2.04 bits per heavy atom. The molecule has 0 spiro atoms. The van der Waals surface area contributed by atoms with Crippen LogP contribution in [0.3, 0.4) is 0 Å². The molecule has 0 saturated carbocycles. The van der Waals surface area contributed by atoms with E-state index < -0.39 is 0 Å². The van der Waals surface area contributed by atoms with Gasteiger partial charge in [-0.05, 0) is 12.5 Å². The van der Waals surface area contributed by atoms with E-state index in [9.17, 15) is 9.59 Å². The van der Waals surface area contributed by atoms with Crippen LogP contribution in [0.25, 0.3) is 0 Å². The SMILES string of the molecule is CCn1ccnc(NCC2CC(=O)N(Cc3ccccc3)C2)c1=O. The first-order valence-electron chi connectivity index (χ1n) is 8.28. The van der Waals surface area contributed by atoms with Crippen LogP contribution in [-0.4, -0.2) is 33.4 Å². The Kier molecular flexibility index (Phi) is 4.93. The van der Waals surface area contributed by atoms with Crippen LogP contribution in [-0.2, 0) is 17.9 Å². The molecular formula is C18H22N4O2. The molecule has 126 valence electrons. The number of carbonyl (C=O) groups excluding carboxylic acids is 1. The van der Waals surface area contributed by atoms with Crippen molar-refractivity contribution in [3.63, 3.8) is 0 Å². The van der Waals surface area contributed by atoms with Crippen LogP contribution in [0.1, 0.15) is 18.9 Å². The zero-order chi connectivity index (χ0) is 16.9. The summed E-state index contributed by atoms with van der Waals surface area (Å²) in [5.41, 5.74) is 1.01. The number of hydrogen-bond donors (Lipinski definition) is 1. The number of aryl methyl sites for hydroxylation is 1. The van der Waals surface area contributed by atoms with E-state index in [0.29, 0.717) is 38.4 Å². The van der Waals surface area contributed by atoms with Crippen LogP contribution >= 0.6 is 0 Å². The molecule has 1 amide bonds. The first-order chi connectivity index (χ1) is 11.7. The quantitative estimate of drug-likeness (QED) is 0.878. The van der Waals surface area contributed by atoms with Crippen LogP contribution in [0, 0.1) is 5.92 Å². The van der Waals surface area contributed by atoms with Gasteiger partial charge in [0.1, 0.15) is 0 Å². The van der Waals surface area contributed by atoms with E-state index in [0.717, 1.165) is 5.56 Å². The molecule has 1 N–H and O–H groups in total. The number of hydrogen-bond acceptors (Lipinski definition) is 4. The van der Waals surface area contributed by atoms with Crippen molar-refractivity contribution in [1.29, 1.82) is 0 Å². The van der Waals surface area contributed by atoms with Gasteiger partial charge in [-0.15, -0.1) is 0 Å². The highest BCUT2D eigenvalue weighted by atomic mass is 16.2. The normalized spacial score (nSPS) is 17.3. The second-order valence-electron chi connectivity index (χ2n) is 6.08. The number of nitrogens with zero attached hydrogens (tertiary/aromatic N) is 3. The summed E-state index contributed by atoms with van der Waals surface area (Å²) in [4.78, 5) is 30.3. The van der Waals surface area contributed by atoms with E-state index in [1.54, 1.807) is 17.0 Å². The third kappa shape index (κ3) is 3.64. The number of likely N-dealkylation sites (tertiary alicyclic amines) is 1. The molecule has 2 aromatic rings. The number of amides is 1. The largest absolute Gasteiger partial charge is 0.365 e. The average molecular weight is 326 g/mol. The summed E-state index contributed by atoms with van der Waals surface area (Å²) in [5.74, 6) is 0.712. The fourth-order valence-corrected chi connectivity index (χ4v) is 3.01. The average Bonchev–Trinajstić information content (AvgIpc) is 2.94. The third-order valence-electron chi connectivity index (χ3n) is 4.32. The number of carbonyl (C=O) groups is 1. The van der Waals surface area contributed by atoms with Crippen LogP contribution < -0.4 is 10.9 Å². The number of anilines is 1. The zero-order valence-corrected chi connectivity index (χ0v) is 13.8. The molecule has 24 heavy (non-hydrogen) atoms. The molecule has 1 aromatic heterocycles. The fourth-order valence-electron chi connectivity index (χ4n) is 3.01. The highest BCUT2D eigenvalue weighted by Gasteiger charge is 2.29. The highest BCUT2D eigenvalue weighted by Crippen LogP contribution is 2.20. The van der Waals surface area contributed by atoms with E-state index in [1.807, 2.05) is 42.2 Å². The lowest BCUT2D eigenvalue weighted by atomic mass is 10.1. The minimum Gasteiger partial charge on any atom is -0.365 e. The Labute approximate surface area is 141 Å². The number of aromatic nitrogens is 2. The molecule has 3 rings (SSSR count). The maximum absolute atomic E-state index is 12.2. The predicted molar refractivity (Wildman–Crippen MR) is 92.6 cm³/mol. The minimum atomic E-state index is -0.120. The van der Waals surface area contributed by atoms with E-state index in [-0.39, 0.29) is 17.4 Å². The van der Waals surface area contributed by atoms with Gasteiger partial charge in [0.15, 0.2) is 5.82 Å². The van der Waals surface area contributed by atoms with Gasteiger partial charge < -0.3 is 14.8 Å². The lowest BCUT2D eigenvalue weighted by Crippen LogP contribution is -2.28. The van der Waals surface area contributed by atoms with Gasteiger partial charge in [-0.2, -0.15) is 0 Å². The second kappa shape index (κ2) is 7.29. The van der Waals surface area contributed by atoms with E-state index in [4.69, 9.17) is 0 Å². The standard InChI is InChI=1S/C18H22N4O2/c1-2-21-9-8-19-17(18(21)24)20-11-15-10-16(23)22(13-15)12-14-6-4-3-5-7-14/h3-9,15H,2,10-13H2,1H3,(H,19,20). The van der Waals surface area contributed by atoms with Crippen molar-refractivity contribution >= 4 is 11.7 Å². The van der Waals surface area contributed by atoms with Gasteiger partial charge in [0.25, 0.3) is 5.56 Å². The van der Waals surface area contributed by atoms with Gasteiger partial charge in [-0.25, -0.2) is 4.98 Å². The lowest BCUT2D eigenvalue weighted by molar-refractivity contribution is -0.128. The highest BCUT2D eigenvalue weighted by molar-refractivity contribution is 5.78. The summed E-state index contributed by atoms with van der Waals surface area (Å²) in [6, 6.07) is 9.99. The summed E-state index contributed by atoms with van der Waals surface area (Å²) in [5, 5.41) is 3.11. The van der Waals surface area contributed by atoms with Crippen molar-refractivity contribution in [3.8, 4) is 0 Å². The maximum atomic E-state index is 12.2. The van der Waals surface area contributed by atoms with Crippen LogP contribution in [0.4, 0.5) is 5.82 Å². The summed E-state index contributed by atoms with van der Waals surface area (Å²) < 4.78 is 1.61. The Balaban J connectivity index is 1.58. The van der Waals surface area contributed by atoms with Crippen molar-refractivity contribution in [2.75, 3.05) is 18.4 Å². The number of benzene rings is 1. The fraction of sp³-hybridized carbons (Fsp3) is 0.389. The van der Waals surface area contributed by atoms with Crippen LogP contribution in [0.5, 0.6) is 0 Å². The molecule has 6 heteroatoms. The molecule has 1 fully saturated rings. The molecule has 6 nitrogen and oxygen atoms in total. The Bertz CT molecular complexity index is 757. The first-order valence-corrected chi connectivity index (χ1v) is 8.28. The monoisotopic (exact) mass is 326 g/mol. The van der Waals surface area contributed by atoms with Crippen molar-refractivity contribution < 1.29 is 4.79 Å². The smallest absolute Gasteiger partial charge is 0.293 e. The molecule has 1 unspecified atom stereocenters. The van der Waals surface area contributed by atoms with Gasteiger partial charge in [-0.1, -0.05) is 30.3 Å². The predicted octanol–water partition coefficient (Wildman–Crippen LogP) is 1.72. The topological polar surface area (TPSA) is 67.2 Å². The van der Waals surface area contributed by atoms with E-state index in [2.05, 4.69) is 10.3 Å². The molecular weight excluding hydrogens is 304 g/mol. The Hall–Kier alpha value is -2.63. The van der Waals surface area contributed by atoms with Gasteiger partial charge in [0, 0.05) is 50.9 Å². The Morgan fingerprint density at radius 1 is 1.25 bits per heavy atom. The molecule has 1 aromatic carbocycles. The van der Waals surface area contributed by atoms with E-state index in [1.165, 1.54) is 0 Å². The zero-order valence-electron chi connectivity index (χ0n) is 13.8. The molecule has 0 bridgehead atoms. The summed E-state index contributed by atoms with van der Waals surface area (Å²) >= 11 is 0. The third-order valence-corrected chi connectivity index (χ3v) is 4.32. The maximum Gasteiger partial charge on any atom is 0.293 e. The van der Waals surface area contributed by atoms with Crippen molar-refractivity contribution in [2.24, 2.45) is 5.92 Å². The van der Waals surface area contributed by atoms with Gasteiger partial charge in [0.2, 0.25) is 5.91 Å². The summed E-state index contributed by atoms with van der Waals surface area (Å²) in [7, 11) is 0. The first kappa shape index (κ1) is 16.2. The molecule has 1 atom stereocenters. The number of nitrogens with one attached hydrogen (secondary N) is 1. The van der Waals surface area contributed by atoms with Crippen molar-refractivity contribution in [2.45, 2.75) is 26.4 Å². The van der Waals surface area contributed by atoms with Crippen LogP contribution in [0.2, 0.25) is 0 Å². The lowest BCUT2D eigenvalue weighted by Gasteiger charge is -2.17.